The van der Waals surface area contributed by atoms with Gasteiger partial charge < -0.3 is 14.2 Å². The first kappa shape index (κ1) is 58.0. The lowest BCUT2D eigenvalue weighted by Crippen LogP contribution is -2.30. The summed E-state index contributed by atoms with van der Waals surface area (Å²) in [5, 5.41) is 0. The normalized spacial score (nSPS) is 13.4. The Balaban J connectivity index is 4.52. The molecule has 62 heavy (non-hydrogen) atoms. The average molecular weight is 855 g/mol. The van der Waals surface area contributed by atoms with Gasteiger partial charge in [-0.1, -0.05) is 193 Å². The average Bonchev–Trinajstić information content (AvgIpc) is 3.27. The molecule has 0 aliphatic carbocycles. The van der Waals surface area contributed by atoms with Crippen molar-refractivity contribution in [3.63, 3.8) is 0 Å². The molecule has 0 saturated heterocycles. The quantitative estimate of drug-likeness (QED) is 0.0347. The van der Waals surface area contributed by atoms with Crippen LogP contribution in [0, 0.1) is 0 Å². The SMILES string of the molecule is CC/C=C\C/C=C\C/C=C\C/C=C\C/C=C\CCCC(=O)OCC(COCC/C=C\C/C=C\C/C=C\C/C=C\C/C=C\CC)OC(=O)CCCCCCC/C=C\CCCCCC. The summed E-state index contributed by atoms with van der Waals surface area (Å²) < 4.78 is 17.2. The topological polar surface area (TPSA) is 61.8 Å². The van der Waals surface area contributed by atoms with Gasteiger partial charge >= 0.3 is 11.9 Å². The number of allylic oxidation sites excluding steroid dienone is 21. The monoisotopic (exact) mass is 855 g/mol. The Labute approximate surface area is 381 Å². The van der Waals surface area contributed by atoms with Crippen LogP contribution in [0.3, 0.4) is 0 Å². The van der Waals surface area contributed by atoms with Crippen LogP contribution in [-0.2, 0) is 23.8 Å². The Kier molecular flexibility index (Phi) is 48.1. The first-order chi connectivity index (χ1) is 30.6. The van der Waals surface area contributed by atoms with E-state index in [1.54, 1.807) is 0 Å². The van der Waals surface area contributed by atoms with E-state index in [0.29, 0.717) is 25.9 Å². The minimum atomic E-state index is -0.612. The Hall–Kier alpha value is -3.96. The predicted octanol–water partition coefficient (Wildman–Crippen LogP) is 16.8. The van der Waals surface area contributed by atoms with Crippen molar-refractivity contribution in [3.8, 4) is 0 Å². The van der Waals surface area contributed by atoms with Crippen LogP contribution in [0.5, 0.6) is 0 Å². The van der Waals surface area contributed by atoms with Crippen LogP contribution < -0.4 is 0 Å². The standard InChI is InChI=1S/C57H90O5/c1-4-7-10-13-16-19-22-25-27-29-30-33-35-38-41-44-47-50-56(58)61-54-55(62-57(59)51-48-45-42-39-36-32-24-21-18-15-12-9-6-3)53-60-52-49-46-43-40-37-34-31-28-26-23-20-17-14-11-8-5-2/h7-8,10-11,16-17,19-21,24-28,30,33-34,37-38,41,43,46,55H,4-6,9,12-15,18,22-23,29,31-32,35-36,39-40,42,44-45,47-54H2,1-3H3/b10-7-,11-8-,19-16-,20-17-,24-21-,27-25-,28-26-,33-30-,37-34-,41-38-,46-43-. The highest BCUT2D eigenvalue weighted by molar-refractivity contribution is 5.70. The van der Waals surface area contributed by atoms with Crippen molar-refractivity contribution in [2.24, 2.45) is 0 Å². The zero-order valence-corrected chi connectivity index (χ0v) is 39.8. The number of ether oxygens (including phenoxy) is 3. The van der Waals surface area contributed by atoms with E-state index in [9.17, 15) is 9.59 Å². The summed E-state index contributed by atoms with van der Waals surface area (Å²) in [5.41, 5.74) is 0. The summed E-state index contributed by atoms with van der Waals surface area (Å²) in [4.78, 5) is 25.3. The van der Waals surface area contributed by atoms with Gasteiger partial charge in [0.15, 0.2) is 6.10 Å². The molecule has 0 heterocycles. The van der Waals surface area contributed by atoms with Crippen molar-refractivity contribution in [1.82, 2.24) is 0 Å². The molecule has 5 heteroatoms. The largest absolute Gasteiger partial charge is 0.462 e. The van der Waals surface area contributed by atoms with Crippen LogP contribution in [0.4, 0.5) is 0 Å². The fourth-order valence-electron chi connectivity index (χ4n) is 6.07. The van der Waals surface area contributed by atoms with E-state index in [1.165, 1.54) is 44.9 Å². The van der Waals surface area contributed by atoms with Crippen LogP contribution in [0.1, 0.15) is 188 Å². The third-order valence-electron chi connectivity index (χ3n) is 9.67. The Bertz CT molecular complexity index is 1330. The lowest BCUT2D eigenvalue weighted by Gasteiger charge is -2.18. The zero-order chi connectivity index (χ0) is 44.9. The molecule has 5 nitrogen and oxygen atoms in total. The van der Waals surface area contributed by atoms with Gasteiger partial charge in [-0.25, -0.2) is 0 Å². The highest BCUT2D eigenvalue weighted by atomic mass is 16.6. The van der Waals surface area contributed by atoms with E-state index in [1.807, 2.05) is 0 Å². The van der Waals surface area contributed by atoms with E-state index in [4.69, 9.17) is 14.2 Å². The molecule has 0 amide bonds. The lowest BCUT2D eigenvalue weighted by molar-refractivity contribution is -0.162. The molecule has 1 unspecified atom stereocenters. The molecule has 0 rings (SSSR count). The van der Waals surface area contributed by atoms with Gasteiger partial charge in [0.05, 0.1) is 13.2 Å². The van der Waals surface area contributed by atoms with Gasteiger partial charge in [0.1, 0.15) is 6.61 Å². The minimum absolute atomic E-state index is 0.0139. The smallest absolute Gasteiger partial charge is 0.306 e. The Morgan fingerprint density at radius 1 is 0.371 bits per heavy atom. The van der Waals surface area contributed by atoms with Gasteiger partial charge in [-0.3, -0.25) is 9.59 Å². The van der Waals surface area contributed by atoms with Crippen LogP contribution in [-0.4, -0.2) is 37.9 Å². The van der Waals surface area contributed by atoms with E-state index in [0.717, 1.165) is 103 Å². The van der Waals surface area contributed by atoms with E-state index in [2.05, 4.69) is 154 Å². The third kappa shape index (κ3) is 48.7. The molecule has 0 radical (unpaired) electrons. The first-order valence-corrected chi connectivity index (χ1v) is 24.7. The highest BCUT2D eigenvalue weighted by Crippen LogP contribution is 2.11. The molecule has 0 fully saturated rings. The van der Waals surface area contributed by atoms with Gasteiger partial charge in [0.25, 0.3) is 0 Å². The second-order valence-corrected chi connectivity index (χ2v) is 15.6. The molecule has 0 aliphatic rings. The fourth-order valence-corrected chi connectivity index (χ4v) is 6.07. The number of carbonyl (C=O) groups is 2. The van der Waals surface area contributed by atoms with E-state index < -0.39 is 6.10 Å². The van der Waals surface area contributed by atoms with Gasteiger partial charge in [0.2, 0.25) is 0 Å². The van der Waals surface area contributed by atoms with Crippen molar-refractivity contribution >= 4 is 11.9 Å². The third-order valence-corrected chi connectivity index (χ3v) is 9.67. The minimum Gasteiger partial charge on any atom is -0.462 e. The zero-order valence-electron chi connectivity index (χ0n) is 39.8. The van der Waals surface area contributed by atoms with E-state index in [-0.39, 0.29) is 25.2 Å². The molecule has 0 aromatic heterocycles. The lowest BCUT2D eigenvalue weighted by atomic mass is 10.1. The molecule has 1 atom stereocenters. The Morgan fingerprint density at radius 2 is 0.742 bits per heavy atom. The van der Waals surface area contributed by atoms with Crippen molar-refractivity contribution in [2.45, 2.75) is 194 Å². The molecule has 0 bridgehead atoms. The molecule has 0 N–H and O–H groups in total. The molecule has 0 spiro atoms. The van der Waals surface area contributed by atoms with Crippen molar-refractivity contribution in [1.29, 1.82) is 0 Å². The highest BCUT2D eigenvalue weighted by Gasteiger charge is 2.17. The predicted molar refractivity (Wildman–Crippen MR) is 269 cm³/mol. The summed E-state index contributed by atoms with van der Waals surface area (Å²) >= 11 is 0. The van der Waals surface area contributed by atoms with Crippen LogP contribution in [0.15, 0.2) is 134 Å². The van der Waals surface area contributed by atoms with Crippen molar-refractivity contribution in [2.75, 3.05) is 19.8 Å². The fraction of sp³-hybridized carbons (Fsp3) is 0.579. The van der Waals surface area contributed by atoms with Gasteiger partial charge in [-0.05, 0) is 116 Å². The van der Waals surface area contributed by atoms with Crippen LogP contribution in [0.2, 0.25) is 0 Å². The van der Waals surface area contributed by atoms with Gasteiger partial charge in [-0.2, -0.15) is 0 Å². The molecular formula is C57H90O5. The summed E-state index contributed by atoms with van der Waals surface area (Å²) in [6.45, 7) is 7.28. The number of unbranched alkanes of at least 4 members (excludes halogenated alkanes) is 10. The number of esters is 2. The van der Waals surface area contributed by atoms with E-state index >= 15 is 0 Å². The molecular weight excluding hydrogens is 765 g/mol. The van der Waals surface area contributed by atoms with Crippen molar-refractivity contribution < 1.29 is 23.8 Å². The number of carbonyl (C=O) groups excluding carboxylic acids is 2. The summed E-state index contributed by atoms with van der Waals surface area (Å²) in [6, 6.07) is 0. The van der Waals surface area contributed by atoms with Gasteiger partial charge in [-0.15, -0.1) is 0 Å². The maximum absolute atomic E-state index is 12.8. The first-order valence-electron chi connectivity index (χ1n) is 24.7. The van der Waals surface area contributed by atoms with Crippen LogP contribution >= 0.6 is 0 Å². The molecule has 0 saturated carbocycles. The number of hydrogen-bond acceptors (Lipinski definition) is 5. The number of rotatable bonds is 43. The maximum Gasteiger partial charge on any atom is 0.306 e. The second kappa shape index (κ2) is 51.4. The summed E-state index contributed by atoms with van der Waals surface area (Å²) in [6.07, 6.45) is 73.4. The summed E-state index contributed by atoms with van der Waals surface area (Å²) in [5.74, 6) is -0.527. The molecule has 348 valence electrons. The molecule has 0 aromatic carbocycles. The summed E-state index contributed by atoms with van der Waals surface area (Å²) in [7, 11) is 0. The Morgan fingerprint density at radius 3 is 1.23 bits per heavy atom. The van der Waals surface area contributed by atoms with Crippen molar-refractivity contribution in [3.05, 3.63) is 134 Å². The molecule has 0 aromatic rings. The maximum atomic E-state index is 12.8. The number of hydrogen-bond donors (Lipinski definition) is 0. The second-order valence-electron chi connectivity index (χ2n) is 15.6. The van der Waals surface area contributed by atoms with Gasteiger partial charge in [0, 0.05) is 12.8 Å². The van der Waals surface area contributed by atoms with Crippen LogP contribution in [0.25, 0.3) is 0 Å². The molecule has 0 aliphatic heterocycles.